The van der Waals surface area contributed by atoms with E-state index in [4.69, 9.17) is 12.2 Å². The molecule has 0 aromatic heterocycles. The fraction of sp³-hybridized carbons (Fsp3) is 0. The van der Waals surface area contributed by atoms with Crippen molar-refractivity contribution in [3.05, 3.63) is 0 Å². The molecule has 38 valence electrons. The summed E-state index contributed by atoms with van der Waals surface area (Å²) in [7, 11) is 0. The van der Waals surface area contributed by atoms with Crippen LogP contribution in [0.2, 0.25) is 0 Å². The van der Waals surface area contributed by atoms with E-state index in [1.807, 2.05) is 0 Å². The maximum Gasteiger partial charge on any atom is 1.00 e. The van der Waals surface area contributed by atoms with Crippen molar-refractivity contribution in [2.24, 2.45) is 0 Å². The molecule has 0 bridgehead atoms. The van der Waals surface area contributed by atoms with Gasteiger partial charge in [-0.2, -0.15) is 0 Å². The quantitative estimate of drug-likeness (QED) is 0.346. The van der Waals surface area contributed by atoms with Crippen molar-refractivity contribution in [2.75, 3.05) is 0 Å². The minimum atomic E-state index is -3.29. The zero-order chi connectivity index (χ0) is 3.58. The Morgan fingerprint density at radius 2 is 1.29 bits per heavy atom. The first-order valence-electron chi connectivity index (χ1n) is 0.532. The summed E-state index contributed by atoms with van der Waals surface area (Å²) >= 11 is -3.29. The van der Waals surface area contributed by atoms with Crippen molar-refractivity contribution in [3.63, 3.8) is 0 Å². The van der Waals surface area contributed by atoms with Crippen LogP contribution in [0.5, 0.6) is 0 Å². The van der Waals surface area contributed by atoms with E-state index in [9.17, 15) is 0 Å². The molecule has 2 N–H and O–H groups in total. The number of rotatable bonds is 0. The fourth-order valence-electron chi connectivity index (χ4n) is 0. The van der Waals surface area contributed by atoms with Gasteiger partial charge >= 0.3 is 85.8 Å². The Morgan fingerprint density at radius 3 is 1.29 bits per heavy atom. The second kappa shape index (κ2) is 16.0. The number of halogens is 1. The van der Waals surface area contributed by atoms with Crippen LogP contribution < -0.4 is 59.1 Å². The van der Waals surface area contributed by atoms with Crippen LogP contribution in [0.15, 0.2) is 0 Å². The van der Waals surface area contributed by atoms with Gasteiger partial charge in [0, 0.05) is 0 Å². The molecule has 0 rings (SSSR count). The van der Waals surface area contributed by atoms with Crippen LogP contribution in [-0.4, -0.2) is 22.9 Å². The number of hydrogen-bond donors (Lipinski definition) is 2. The molecule has 0 spiro atoms. The first-order chi connectivity index (χ1) is 1.73. The van der Waals surface area contributed by atoms with E-state index in [2.05, 4.69) is 0 Å². The molecule has 0 saturated heterocycles. The molecule has 0 fully saturated rings. The van der Waals surface area contributed by atoms with Gasteiger partial charge in [0.2, 0.25) is 0 Å². The van der Waals surface area contributed by atoms with Crippen LogP contribution in [0, 0.1) is 0 Å². The molecule has 0 saturated carbocycles. The minimum Gasteiger partial charge on any atom is -1.00 e. The Bertz CT molecular complexity index is 42.8. The van der Waals surface area contributed by atoms with Gasteiger partial charge in [-0.1, -0.05) is 0 Å². The molecule has 0 radical (unpaired) electrons. The summed E-state index contributed by atoms with van der Waals surface area (Å²) in [5.41, 5.74) is 0. The fourth-order valence-corrected chi connectivity index (χ4v) is 0. The number of hydrogen-bond acceptors (Lipinski definition) is 1. The van der Waals surface area contributed by atoms with Crippen LogP contribution >= 0.6 is 24.0 Å². The van der Waals surface area contributed by atoms with Gasteiger partial charge in [-0.15, -0.1) is 24.0 Å². The van der Waals surface area contributed by atoms with E-state index in [0.717, 1.165) is 0 Å². The van der Waals surface area contributed by atoms with Crippen LogP contribution in [0.4, 0.5) is 0 Å². The van der Waals surface area contributed by atoms with Gasteiger partial charge in [0.1, 0.15) is 0 Å². The Labute approximate surface area is 111 Å². The van der Waals surface area contributed by atoms with E-state index in [1.54, 1.807) is 0 Å². The molecular formula is H5INa2O3Se. The monoisotopic (exact) mass is 306 g/mol. The van der Waals surface area contributed by atoms with Gasteiger partial charge in [-0.05, 0) is 0 Å². The molecule has 0 unspecified atom stereocenters. The molecule has 0 heterocycles. The third-order valence-corrected chi connectivity index (χ3v) is 0. The first-order valence-corrected chi connectivity index (χ1v) is 2.76. The smallest absolute Gasteiger partial charge is 1.00 e. The molecule has 0 aliphatic carbocycles. The van der Waals surface area contributed by atoms with E-state index < -0.39 is 14.5 Å². The first kappa shape index (κ1) is 22.5. The van der Waals surface area contributed by atoms with Crippen molar-refractivity contribution >= 4 is 38.5 Å². The largest absolute Gasteiger partial charge is 1.00 e. The summed E-state index contributed by atoms with van der Waals surface area (Å²) in [4.78, 5) is 0. The van der Waals surface area contributed by atoms with Crippen molar-refractivity contribution in [1.82, 2.24) is 0 Å². The Balaban J connectivity index is -0.00000000450. The SMILES string of the molecule is I.O=[Se](O)O.[H-].[H-].[Na+].[Na+]. The molecular weight excluding hydrogens is 300 g/mol. The van der Waals surface area contributed by atoms with Crippen LogP contribution in [0.25, 0.3) is 0 Å². The van der Waals surface area contributed by atoms with Crippen molar-refractivity contribution in [1.29, 1.82) is 0 Å². The van der Waals surface area contributed by atoms with Crippen LogP contribution in [0.1, 0.15) is 2.85 Å². The molecule has 0 aliphatic heterocycles. The second-order valence-corrected chi connectivity index (χ2v) is 1.20. The predicted octanol–water partition coefficient (Wildman–Crippen LogP) is -6.76. The molecule has 0 aromatic rings. The maximum atomic E-state index is 8.76. The normalized spacial score (nSPS) is 5.00. The molecule has 7 heteroatoms. The summed E-state index contributed by atoms with van der Waals surface area (Å²) in [5, 5.41) is 0. The Hall–Kier alpha value is 2.97. The van der Waals surface area contributed by atoms with Gasteiger partial charge < -0.3 is 2.85 Å². The topological polar surface area (TPSA) is 57.5 Å². The van der Waals surface area contributed by atoms with Crippen molar-refractivity contribution < 1.29 is 74.2 Å². The summed E-state index contributed by atoms with van der Waals surface area (Å²) in [6.07, 6.45) is 0. The van der Waals surface area contributed by atoms with Crippen LogP contribution in [-0.2, 0) is 3.83 Å². The molecule has 3 nitrogen and oxygen atoms in total. The van der Waals surface area contributed by atoms with E-state index >= 15 is 0 Å². The second-order valence-electron chi connectivity index (χ2n) is 0.231. The molecule has 7 heavy (non-hydrogen) atoms. The summed E-state index contributed by atoms with van der Waals surface area (Å²) in [5.74, 6) is 0. The Kier molecular flexibility index (Phi) is 51.4. The van der Waals surface area contributed by atoms with Gasteiger partial charge in [0.05, 0.1) is 0 Å². The van der Waals surface area contributed by atoms with Gasteiger partial charge in [-0.3, -0.25) is 0 Å². The molecule has 0 atom stereocenters. The van der Waals surface area contributed by atoms with E-state index in [1.165, 1.54) is 0 Å². The van der Waals surface area contributed by atoms with Crippen molar-refractivity contribution in [3.8, 4) is 0 Å². The zero-order valence-corrected chi connectivity index (χ0v) is 12.2. The van der Waals surface area contributed by atoms with Gasteiger partial charge in [-0.25, -0.2) is 0 Å². The molecule has 0 aromatic carbocycles. The average molecular weight is 305 g/mol. The Morgan fingerprint density at radius 1 is 1.29 bits per heavy atom. The predicted molar refractivity (Wildman–Crippen MR) is 28.5 cm³/mol. The van der Waals surface area contributed by atoms with E-state index in [0.29, 0.717) is 0 Å². The molecule has 0 amide bonds. The van der Waals surface area contributed by atoms with E-state index in [-0.39, 0.29) is 85.9 Å². The summed E-state index contributed by atoms with van der Waals surface area (Å²) in [6.45, 7) is 0. The summed E-state index contributed by atoms with van der Waals surface area (Å²) < 4.78 is 23.1. The standard InChI is InChI=1S/HI.2Na.H2O3Se.2H/c;;;1-4(2)3;;/h1H;;;(H2,1,2,3);;/q;2*+1;;2*-1. The van der Waals surface area contributed by atoms with Gasteiger partial charge in [0.15, 0.2) is 0 Å². The maximum absolute atomic E-state index is 8.76. The summed E-state index contributed by atoms with van der Waals surface area (Å²) in [6, 6.07) is 0. The third kappa shape index (κ3) is 49.4. The zero-order valence-electron chi connectivity index (χ0n) is 6.12. The molecule has 0 aliphatic rings. The third-order valence-electron chi connectivity index (χ3n) is 0. The van der Waals surface area contributed by atoms with Crippen molar-refractivity contribution in [2.45, 2.75) is 0 Å². The van der Waals surface area contributed by atoms with Crippen LogP contribution in [0.3, 0.4) is 0 Å². The van der Waals surface area contributed by atoms with Gasteiger partial charge in [0.25, 0.3) is 0 Å². The minimum absolute atomic E-state index is 0. The average Bonchev–Trinajstić information content (AvgIpc) is 0.811.